The van der Waals surface area contributed by atoms with Crippen LogP contribution in [0.25, 0.3) is 0 Å². The standard InChI is InChI=1S/C16H24N2OS/c1-17-12-14-7-6-8-15(11-14)20-13-16(19)18-9-4-2-3-5-10-18/h6-8,11,17H,2-5,9-10,12-13H2,1H3. The molecule has 20 heavy (non-hydrogen) atoms. The average Bonchev–Trinajstić information content (AvgIpc) is 2.75. The largest absolute Gasteiger partial charge is 0.342 e. The molecule has 0 unspecified atom stereocenters. The van der Waals surface area contributed by atoms with Crippen LogP contribution in [-0.2, 0) is 11.3 Å². The highest BCUT2D eigenvalue weighted by Crippen LogP contribution is 2.20. The zero-order valence-electron chi connectivity index (χ0n) is 12.2. The van der Waals surface area contributed by atoms with Gasteiger partial charge in [-0.3, -0.25) is 4.79 Å². The van der Waals surface area contributed by atoms with Gasteiger partial charge in [0.05, 0.1) is 5.75 Å². The van der Waals surface area contributed by atoms with Crippen LogP contribution in [0.5, 0.6) is 0 Å². The number of thioether (sulfide) groups is 1. The van der Waals surface area contributed by atoms with Gasteiger partial charge in [-0.2, -0.15) is 0 Å². The topological polar surface area (TPSA) is 32.3 Å². The van der Waals surface area contributed by atoms with E-state index in [1.165, 1.54) is 23.3 Å². The molecular weight excluding hydrogens is 268 g/mol. The first kappa shape index (κ1) is 15.4. The highest BCUT2D eigenvalue weighted by Gasteiger charge is 2.15. The van der Waals surface area contributed by atoms with E-state index in [1.807, 2.05) is 11.9 Å². The van der Waals surface area contributed by atoms with Gasteiger partial charge in [-0.05, 0) is 37.6 Å². The lowest BCUT2D eigenvalue weighted by molar-refractivity contribution is -0.128. The molecule has 1 fully saturated rings. The van der Waals surface area contributed by atoms with Crippen molar-refractivity contribution in [2.24, 2.45) is 0 Å². The first-order valence-electron chi connectivity index (χ1n) is 7.44. The molecule has 1 saturated heterocycles. The van der Waals surface area contributed by atoms with Crippen LogP contribution in [0.3, 0.4) is 0 Å². The molecule has 0 spiro atoms. The van der Waals surface area contributed by atoms with Crippen LogP contribution in [0, 0.1) is 0 Å². The Morgan fingerprint density at radius 3 is 2.70 bits per heavy atom. The third-order valence-electron chi connectivity index (χ3n) is 3.60. The monoisotopic (exact) mass is 292 g/mol. The van der Waals surface area contributed by atoms with Gasteiger partial charge in [-0.15, -0.1) is 11.8 Å². The fourth-order valence-corrected chi connectivity index (χ4v) is 3.39. The van der Waals surface area contributed by atoms with Crippen molar-refractivity contribution in [1.29, 1.82) is 0 Å². The number of carbonyl (C=O) groups excluding carboxylic acids is 1. The summed E-state index contributed by atoms with van der Waals surface area (Å²) >= 11 is 1.65. The van der Waals surface area contributed by atoms with Crippen molar-refractivity contribution >= 4 is 17.7 Å². The van der Waals surface area contributed by atoms with Gasteiger partial charge in [0.1, 0.15) is 0 Å². The summed E-state index contributed by atoms with van der Waals surface area (Å²) in [6.07, 6.45) is 4.86. The summed E-state index contributed by atoms with van der Waals surface area (Å²) in [7, 11) is 1.95. The van der Waals surface area contributed by atoms with Crippen molar-refractivity contribution in [1.82, 2.24) is 10.2 Å². The Bertz CT molecular complexity index is 428. The Labute approximate surface area is 126 Å². The molecule has 0 radical (unpaired) electrons. The Hall–Kier alpha value is -1.00. The molecule has 0 aromatic heterocycles. The number of rotatable bonds is 5. The molecule has 0 aliphatic carbocycles. The fourth-order valence-electron chi connectivity index (χ4n) is 2.51. The summed E-state index contributed by atoms with van der Waals surface area (Å²) in [6.45, 7) is 2.76. The van der Waals surface area contributed by atoms with Crippen molar-refractivity contribution in [3.8, 4) is 0 Å². The maximum absolute atomic E-state index is 12.2. The first-order valence-corrected chi connectivity index (χ1v) is 8.42. The molecule has 1 aliphatic heterocycles. The zero-order chi connectivity index (χ0) is 14.2. The van der Waals surface area contributed by atoms with E-state index in [2.05, 4.69) is 29.6 Å². The minimum Gasteiger partial charge on any atom is -0.342 e. The van der Waals surface area contributed by atoms with E-state index in [9.17, 15) is 4.79 Å². The molecule has 2 rings (SSSR count). The molecule has 1 heterocycles. The third-order valence-corrected chi connectivity index (χ3v) is 4.58. The smallest absolute Gasteiger partial charge is 0.232 e. The number of likely N-dealkylation sites (tertiary alicyclic amines) is 1. The Balaban J connectivity index is 1.84. The van der Waals surface area contributed by atoms with Gasteiger partial charge in [-0.1, -0.05) is 25.0 Å². The van der Waals surface area contributed by atoms with Crippen LogP contribution < -0.4 is 5.32 Å². The molecule has 1 aliphatic rings. The second-order valence-corrected chi connectivity index (χ2v) is 6.31. The summed E-state index contributed by atoms with van der Waals surface area (Å²) in [5.41, 5.74) is 1.26. The molecule has 0 saturated carbocycles. The summed E-state index contributed by atoms with van der Waals surface area (Å²) in [4.78, 5) is 15.4. The molecule has 1 aromatic rings. The number of hydrogen-bond donors (Lipinski definition) is 1. The van der Waals surface area contributed by atoms with E-state index in [0.29, 0.717) is 5.75 Å². The van der Waals surface area contributed by atoms with Crippen LogP contribution in [0.15, 0.2) is 29.2 Å². The van der Waals surface area contributed by atoms with Crippen LogP contribution in [0.1, 0.15) is 31.2 Å². The van der Waals surface area contributed by atoms with E-state index < -0.39 is 0 Å². The summed E-state index contributed by atoms with van der Waals surface area (Å²) in [5, 5.41) is 3.15. The van der Waals surface area contributed by atoms with E-state index in [-0.39, 0.29) is 5.91 Å². The first-order chi connectivity index (χ1) is 9.79. The number of nitrogens with one attached hydrogen (secondary N) is 1. The number of hydrogen-bond acceptors (Lipinski definition) is 3. The Morgan fingerprint density at radius 1 is 1.25 bits per heavy atom. The maximum atomic E-state index is 12.2. The predicted octanol–water partition coefficient (Wildman–Crippen LogP) is 2.90. The minimum atomic E-state index is 0.288. The number of nitrogens with zero attached hydrogens (tertiary/aromatic N) is 1. The molecule has 1 amide bonds. The SMILES string of the molecule is CNCc1cccc(SCC(=O)N2CCCCCC2)c1. The lowest BCUT2D eigenvalue weighted by Crippen LogP contribution is -2.33. The zero-order valence-corrected chi connectivity index (χ0v) is 13.0. The molecule has 1 aromatic carbocycles. The van der Waals surface area contributed by atoms with Gasteiger partial charge in [0, 0.05) is 24.5 Å². The van der Waals surface area contributed by atoms with Crippen molar-refractivity contribution in [2.45, 2.75) is 37.1 Å². The van der Waals surface area contributed by atoms with Gasteiger partial charge >= 0.3 is 0 Å². The van der Waals surface area contributed by atoms with Gasteiger partial charge in [0.15, 0.2) is 0 Å². The Kier molecular flexibility index (Phi) is 6.40. The number of amides is 1. The van der Waals surface area contributed by atoms with Gasteiger partial charge in [0.2, 0.25) is 5.91 Å². The van der Waals surface area contributed by atoms with Crippen molar-refractivity contribution < 1.29 is 4.79 Å². The normalized spacial score (nSPS) is 15.9. The highest BCUT2D eigenvalue weighted by molar-refractivity contribution is 8.00. The molecule has 3 nitrogen and oxygen atoms in total. The van der Waals surface area contributed by atoms with Gasteiger partial charge < -0.3 is 10.2 Å². The van der Waals surface area contributed by atoms with Crippen LogP contribution in [0.2, 0.25) is 0 Å². The summed E-state index contributed by atoms with van der Waals surface area (Å²) in [6, 6.07) is 8.42. The molecule has 4 heteroatoms. The van der Waals surface area contributed by atoms with E-state index in [0.717, 1.165) is 32.5 Å². The average molecular weight is 292 g/mol. The lowest BCUT2D eigenvalue weighted by atomic mass is 10.2. The molecule has 1 N–H and O–H groups in total. The molecule has 110 valence electrons. The summed E-state index contributed by atoms with van der Waals surface area (Å²) < 4.78 is 0. The maximum Gasteiger partial charge on any atom is 0.232 e. The van der Waals surface area contributed by atoms with Crippen molar-refractivity contribution in [2.75, 3.05) is 25.9 Å². The number of carbonyl (C=O) groups is 1. The second-order valence-electron chi connectivity index (χ2n) is 5.26. The summed E-state index contributed by atoms with van der Waals surface area (Å²) in [5.74, 6) is 0.846. The second kappa shape index (κ2) is 8.32. The van der Waals surface area contributed by atoms with E-state index in [1.54, 1.807) is 11.8 Å². The minimum absolute atomic E-state index is 0.288. The van der Waals surface area contributed by atoms with Crippen LogP contribution in [-0.4, -0.2) is 36.7 Å². The quantitative estimate of drug-likeness (QED) is 0.847. The number of benzene rings is 1. The molecule has 0 bridgehead atoms. The van der Waals surface area contributed by atoms with Crippen molar-refractivity contribution in [3.05, 3.63) is 29.8 Å². The Morgan fingerprint density at radius 2 is 2.00 bits per heavy atom. The molecular formula is C16H24N2OS. The van der Waals surface area contributed by atoms with Crippen molar-refractivity contribution in [3.63, 3.8) is 0 Å². The molecule has 0 atom stereocenters. The fraction of sp³-hybridized carbons (Fsp3) is 0.562. The third kappa shape index (κ3) is 4.84. The lowest BCUT2D eigenvalue weighted by Gasteiger charge is -2.20. The van der Waals surface area contributed by atoms with Gasteiger partial charge in [0.25, 0.3) is 0 Å². The highest BCUT2D eigenvalue weighted by atomic mass is 32.2. The predicted molar refractivity (Wildman–Crippen MR) is 85.0 cm³/mol. The van der Waals surface area contributed by atoms with Crippen LogP contribution in [0.4, 0.5) is 0 Å². The van der Waals surface area contributed by atoms with E-state index >= 15 is 0 Å². The van der Waals surface area contributed by atoms with E-state index in [4.69, 9.17) is 0 Å². The van der Waals surface area contributed by atoms with Gasteiger partial charge in [-0.25, -0.2) is 0 Å². The van der Waals surface area contributed by atoms with Crippen LogP contribution >= 0.6 is 11.8 Å².